The van der Waals surface area contributed by atoms with Crippen molar-refractivity contribution in [1.82, 2.24) is 4.90 Å². The second-order valence-electron chi connectivity index (χ2n) is 4.47. The van der Waals surface area contributed by atoms with Gasteiger partial charge in [-0.1, -0.05) is 0 Å². The van der Waals surface area contributed by atoms with E-state index in [0.29, 0.717) is 16.5 Å². The summed E-state index contributed by atoms with van der Waals surface area (Å²) in [6, 6.07) is 1.72. The molecule has 2 rings (SSSR count). The zero-order chi connectivity index (χ0) is 13.8. The molecular formula is C13H18N2O3S. The first-order chi connectivity index (χ1) is 9.11. The van der Waals surface area contributed by atoms with Gasteiger partial charge < -0.3 is 9.64 Å². The molecule has 0 bridgehead atoms. The normalized spacial score (nSPS) is 14.5. The third-order valence-electron chi connectivity index (χ3n) is 3.00. The van der Waals surface area contributed by atoms with Crippen LogP contribution in [-0.4, -0.2) is 36.6 Å². The monoisotopic (exact) mass is 282 g/mol. The number of likely N-dealkylation sites (tertiary alicyclic amines) is 1. The number of nitrogens with zero attached hydrogens (tertiary/aromatic N) is 1. The van der Waals surface area contributed by atoms with Crippen molar-refractivity contribution < 1.29 is 14.3 Å². The Morgan fingerprint density at radius 2 is 2.11 bits per heavy atom. The van der Waals surface area contributed by atoms with Gasteiger partial charge >= 0.3 is 12.0 Å². The molecule has 19 heavy (non-hydrogen) atoms. The molecule has 0 spiro atoms. The summed E-state index contributed by atoms with van der Waals surface area (Å²) in [6.07, 6.45) is 2.12. The number of carbonyl (C=O) groups excluding carboxylic acids is 2. The van der Waals surface area contributed by atoms with E-state index in [1.165, 1.54) is 11.3 Å². The second kappa shape index (κ2) is 6.06. The standard InChI is InChI=1S/C13H18N2O3S/c1-3-18-12(16)11-9(2)8-10(19-11)14-13(17)15-6-4-5-7-15/h8H,3-7H2,1-2H3,(H,14,17). The Bertz CT molecular complexity index is 478. The summed E-state index contributed by atoms with van der Waals surface area (Å²) in [5.74, 6) is -0.327. The summed E-state index contributed by atoms with van der Waals surface area (Å²) in [7, 11) is 0. The fourth-order valence-corrected chi connectivity index (χ4v) is 3.00. The van der Waals surface area contributed by atoms with Gasteiger partial charge in [-0.15, -0.1) is 11.3 Å². The lowest BCUT2D eigenvalue weighted by molar-refractivity contribution is 0.0531. The van der Waals surface area contributed by atoms with Gasteiger partial charge in [-0.3, -0.25) is 5.32 Å². The summed E-state index contributed by atoms with van der Waals surface area (Å²) < 4.78 is 4.98. The summed E-state index contributed by atoms with van der Waals surface area (Å²) in [4.78, 5) is 26.0. The predicted octanol–water partition coefficient (Wildman–Crippen LogP) is 2.86. The van der Waals surface area contributed by atoms with Crippen molar-refractivity contribution in [3.05, 3.63) is 16.5 Å². The van der Waals surface area contributed by atoms with E-state index in [9.17, 15) is 9.59 Å². The highest BCUT2D eigenvalue weighted by Crippen LogP contribution is 2.27. The molecular weight excluding hydrogens is 264 g/mol. The van der Waals surface area contributed by atoms with E-state index in [-0.39, 0.29) is 12.0 Å². The summed E-state index contributed by atoms with van der Waals surface area (Å²) >= 11 is 1.26. The van der Waals surface area contributed by atoms with E-state index in [4.69, 9.17) is 4.74 Å². The number of carbonyl (C=O) groups is 2. The number of amides is 2. The zero-order valence-electron chi connectivity index (χ0n) is 11.2. The highest BCUT2D eigenvalue weighted by Gasteiger charge is 2.20. The molecule has 5 nitrogen and oxygen atoms in total. The molecule has 1 aromatic rings. The van der Waals surface area contributed by atoms with Crippen LogP contribution in [0.5, 0.6) is 0 Å². The van der Waals surface area contributed by atoms with Gasteiger partial charge in [0.15, 0.2) is 0 Å². The third kappa shape index (κ3) is 3.26. The lowest BCUT2D eigenvalue weighted by Crippen LogP contribution is -2.31. The first kappa shape index (κ1) is 13.9. The molecule has 1 aliphatic rings. The Morgan fingerprint density at radius 3 is 2.74 bits per heavy atom. The van der Waals surface area contributed by atoms with Gasteiger partial charge in [-0.25, -0.2) is 9.59 Å². The minimum Gasteiger partial charge on any atom is -0.462 e. The van der Waals surface area contributed by atoms with Crippen molar-refractivity contribution in [1.29, 1.82) is 0 Å². The maximum atomic E-state index is 11.9. The summed E-state index contributed by atoms with van der Waals surface area (Å²) in [6.45, 7) is 5.58. The predicted molar refractivity (Wildman–Crippen MR) is 74.8 cm³/mol. The number of esters is 1. The second-order valence-corrected chi connectivity index (χ2v) is 5.52. The SMILES string of the molecule is CCOC(=O)c1sc(NC(=O)N2CCCC2)cc1C. The number of ether oxygens (including phenoxy) is 1. The van der Waals surface area contributed by atoms with Gasteiger partial charge in [0.2, 0.25) is 0 Å². The molecule has 0 unspecified atom stereocenters. The van der Waals surface area contributed by atoms with Gasteiger partial charge in [-0.05, 0) is 38.3 Å². The van der Waals surface area contributed by atoms with Crippen LogP contribution < -0.4 is 5.32 Å². The van der Waals surface area contributed by atoms with E-state index in [2.05, 4.69) is 5.32 Å². The molecule has 0 radical (unpaired) electrons. The van der Waals surface area contributed by atoms with Crippen LogP contribution in [0.4, 0.5) is 9.80 Å². The van der Waals surface area contributed by atoms with Crippen LogP contribution in [-0.2, 0) is 4.74 Å². The van der Waals surface area contributed by atoms with Crippen LogP contribution in [0, 0.1) is 6.92 Å². The number of urea groups is 1. The van der Waals surface area contributed by atoms with Crippen molar-refractivity contribution in [2.24, 2.45) is 0 Å². The number of thiophene rings is 1. The van der Waals surface area contributed by atoms with Gasteiger partial charge in [0.1, 0.15) is 4.88 Å². The van der Waals surface area contributed by atoms with E-state index in [1.807, 2.05) is 13.0 Å². The average molecular weight is 282 g/mol. The number of anilines is 1. The van der Waals surface area contributed by atoms with Crippen LogP contribution in [0.25, 0.3) is 0 Å². The third-order valence-corrected chi connectivity index (χ3v) is 4.13. The van der Waals surface area contributed by atoms with Crippen molar-refractivity contribution in [3.8, 4) is 0 Å². The van der Waals surface area contributed by atoms with Crippen molar-refractivity contribution in [2.75, 3.05) is 25.0 Å². The van der Waals surface area contributed by atoms with E-state index in [0.717, 1.165) is 31.5 Å². The molecule has 1 aromatic heterocycles. The molecule has 0 aromatic carbocycles. The molecule has 2 amide bonds. The largest absolute Gasteiger partial charge is 0.462 e. The van der Waals surface area contributed by atoms with Crippen molar-refractivity contribution in [2.45, 2.75) is 26.7 Å². The molecule has 2 heterocycles. The highest BCUT2D eigenvalue weighted by molar-refractivity contribution is 7.18. The Kier molecular flexibility index (Phi) is 4.42. The van der Waals surface area contributed by atoms with Gasteiger partial charge in [0, 0.05) is 13.1 Å². The number of aryl methyl sites for hydroxylation is 1. The Labute approximate surface area is 116 Å². The van der Waals surface area contributed by atoms with Crippen LogP contribution in [0.2, 0.25) is 0 Å². The van der Waals surface area contributed by atoms with E-state index < -0.39 is 0 Å². The first-order valence-electron chi connectivity index (χ1n) is 6.45. The molecule has 6 heteroatoms. The smallest absolute Gasteiger partial charge is 0.348 e. The minimum absolute atomic E-state index is 0.0887. The van der Waals surface area contributed by atoms with Gasteiger partial charge in [0.05, 0.1) is 11.6 Å². The lowest BCUT2D eigenvalue weighted by Gasteiger charge is -2.14. The fourth-order valence-electron chi connectivity index (χ4n) is 2.05. The molecule has 0 aliphatic carbocycles. The van der Waals surface area contributed by atoms with E-state index >= 15 is 0 Å². The Hall–Kier alpha value is -1.56. The highest BCUT2D eigenvalue weighted by atomic mass is 32.1. The Balaban J connectivity index is 2.03. The number of rotatable bonds is 3. The lowest BCUT2D eigenvalue weighted by atomic mass is 10.3. The zero-order valence-corrected chi connectivity index (χ0v) is 12.0. The number of nitrogens with one attached hydrogen (secondary N) is 1. The maximum Gasteiger partial charge on any atom is 0.348 e. The molecule has 0 saturated carbocycles. The fraction of sp³-hybridized carbons (Fsp3) is 0.538. The van der Waals surface area contributed by atoms with Crippen LogP contribution in [0.1, 0.15) is 35.0 Å². The summed E-state index contributed by atoms with van der Waals surface area (Å²) in [5, 5.41) is 3.53. The molecule has 1 saturated heterocycles. The molecule has 1 fully saturated rings. The van der Waals surface area contributed by atoms with Crippen LogP contribution in [0.3, 0.4) is 0 Å². The molecule has 1 aliphatic heterocycles. The molecule has 1 N–H and O–H groups in total. The van der Waals surface area contributed by atoms with Crippen molar-refractivity contribution in [3.63, 3.8) is 0 Å². The molecule has 0 atom stereocenters. The quantitative estimate of drug-likeness (QED) is 0.867. The van der Waals surface area contributed by atoms with Gasteiger partial charge in [0.25, 0.3) is 0 Å². The van der Waals surface area contributed by atoms with E-state index in [1.54, 1.807) is 11.8 Å². The number of hydrogen-bond acceptors (Lipinski definition) is 4. The Morgan fingerprint density at radius 1 is 1.42 bits per heavy atom. The topological polar surface area (TPSA) is 58.6 Å². The van der Waals surface area contributed by atoms with Crippen molar-refractivity contribution >= 4 is 28.3 Å². The average Bonchev–Trinajstić information content (AvgIpc) is 2.99. The minimum atomic E-state index is -0.327. The number of hydrogen-bond donors (Lipinski definition) is 1. The maximum absolute atomic E-state index is 11.9. The van der Waals surface area contributed by atoms with Crippen LogP contribution >= 0.6 is 11.3 Å². The van der Waals surface area contributed by atoms with Gasteiger partial charge in [-0.2, -0.15) is 0 Å². The van der Waals surface area contributed by atoms with Crippen LogP contribution in [0.15, 0.2) is 6.07 Å². The molecule has 104 valence electrons. The first-order valence-corrected chi connectivity index (χ1v) is 7.27. The summed E-state index contributed by atoms with van der Waals surface area (Å²) in [5.41, 5.74) is 0.833.